The van der Waals surface area contributed by atoms with E-state index in [1.54, 1.807) is 37.8 Å². The highest BCUT2D eigenvalue weighted by molar-refractivity contribution is 8.15. The van der Waals surface area contributed by atoms with Gasteiger partial charge in [0.2, 0.25) is 5.91 Å². The maximum absolute atomic E-state index is 16.2. The largest absolute Gasteiger partial charge is 0.494 e. The Morgan fingerprint density at radius 2 is 1.67 bits per heavy atom. The summed E-state index contributed by atoms with van der Waals surface area (Å²) in [5.74, 6) is -1.14. The maximum atomic E-state index is 16.2. The average molecular weight is 722 g/mol. The highest BCUT2D eigenvalue weighted by Gasteiger charge is 2.57. The quantitative estimate of drug-likeness (QED) is 0.177. The van der Waals surface area contributed by atoms with Gasteiger partial charge in [0.25, 0.3) is 0 Å². The van der Waals surface area contributed by atoms with Gasteiger partial charge in [0.05, 0.1) is 30.0 Å². The van der Waals surface area contributed by atoms with Crippen molar-refractivity contribution < 1.29 is 37.5 Å². The number of halogens is 1. The summed E-state index contributed by atoms with van der Waals surface area (Å²) in [5, 5.41) is 0.229. The van der Waals surface area contributed by atoms with Crippen LogP contribution in [0, 0.1) is 11.7 Å². The minimum atomic E-state index is -1.43. The fraction of sp³-hybridized carbons (Fsp3) is 0.743. The van der Waals surface area contributed by atoms with Crippen LogP contribution in [0.5, 0.6) is 0 Å². The van der Waals surface area contributed by atoms with E-state index < -0.39 is 60.1 Å². The van der Waals surface area contributed by atoms with E-state index in [1.165, 1.54) is 22.7 Å². The molecule has 10 nitrogen and oxygen atoms in total. The van der Waals surface area contributed by atoms with Crippen LogP contribution in [0.4, 0.5) is 9.18 Å². The van der Waals surface area contributed by atoms with Gasteiger partial charge >= 0.3 is 13.2 Å². The molecule has 3 aliphatic rings. The van der Waals surface area contributed by atoms with E-state index in [9.17, 15) is 9.59 Å². The number of hydrogen-bond acceptors (Lipinski definition) is 9. The Kier molecular flexibility index (Phi) is 11.6. The SMILES string of the molecule is C[C@@H]1[C@@](C)(C(=O)N2CCOCC2)SC(N(COCC[Si](C)(C)C)C(=O)OC(C)(C)C)=N[C@]1(C)c1cc(B2OC(C)(C)C(C)(C)O2)ccc1F. The van der Waals surface area contributed by atoms with Crippen molar-refractivity contribution >= 4 is 49.6 Å². The smallest absolute Gasteiger partial charge is 0.443 e. The molecule has 0 aromatic heterocycles. The number of aliphatic imine (C=N–C) groups is 1. The third-order valence-electron chi connectivity index (χ3n) is 10.1. The van der Waals surface area contributed by atoms with Crippen LogP contribution >= 0.6 is 11.8 Å². The normalized spacial score (nSPS) is 27.1. The van der Waals surface area contributed by atoms with Crippen molar-refractivity contribution in [3.63, 3.8) is 0 Å². The van der Waals surface area contributed by atoms with Crippen LogP contribution in [0.2, 0.25) is 25.7 Å². The first-order valence-corrected chi connectivity index (χ1v) is 21.8. The summed E-state index contributed by atoms with van der Waals surface area (Å²) in [6.45, 7) is 27.7. The van der Waals surface area contributed by atoms with Crippen LogP contribution in [0.25, 0.3) is 0 Å². The molecular formula is C35H57BFN3O7SSi. The number of nitrogens with zero attached hydrogens (tertiary/aromatic N) is 3. The number of ether oxygens (including phenoxy) is 3. The molecule has 1 aromatic rings. The zero-order valence-electron chi connectivity index (χ0n) is 31.8. The Bertz CT molecular complexity index is 1410. The lowest BCUT2D eigenvalue weighted by atomic mass is 9.70. The predicted molar refractivity (Wildman–Crippen MR) is 197 cm³/mol. The molecule has 3 heterocycles. The van der Waals surface area contributed by atoms with Crippen LogP contribution in [0.15, 0.2) is 23.2 Å². The molecule has 0 aliphatic carbocycles. The third-order valence-corrected chi connectivity index (χ3v) is 13.3. The molecule has 0 saturated carbocycles. The van der Waals surface area contributed by atoms with Crippen LogP contribution in [0.1, 0.15) is 74.8 Å². The Balaban J connectivity index is 1.85. The number of hydrogen-bond donors (Lipinski definition) is 0. The van der Waals surface area contributed by atoms with E-state index in [1.807, 2.05) is 48.5 Å². The lowest BCUT2D eigenvalue weighted by molar-refractivity contribution is -0.139. The maximum Gasteiger partial charge on any atom is 0.494 e. The summed E-state index contributed by atoms with van der Waals surface area (Å²) in [6, 6.07) is 5.69. The van der Waals surface area contributed by atoms with Crippen molar-refractivity contribution in [1.29, 1.82) is 0 Å². The van der Waals surface area contributed by atoms with E-state index in [0.717, 1.165) is 6.04 Å². The molecule has 3 atom stereocenters. The molecule has 1 aromatic carbocycles. The standard InChI is InChI=1S/C35H57BFN3O7SSi/c1-24-34(9,26-22-25(14-15-27(26)37)36-46-32(5,6)33(7,8)47-36)38-29(48-35(24,10)28(41)39-16-18-43-19-17-39)40(30(42)45-31(2,3)4)23-44-20-21-49(11,12)13/h14-15,22,24H,16-21,23H2,1-13H3/t24-,34-,35-/m0/s1. The molecular weight excluding hydrogens is 664 g/mol. The minimum Gasteiger partial charge on any atom is -0.443 e. The summed E-state index contributed by atoms with van der Waals surface area (Å²) in [6.07, 6.45) is -0.656. The van der Waals surface area contributed by atoms with Crippen molar-refractivity contribution in [2.75, 3.05) is 39.6 Å². The van der Waals surface area contributed by atoms with Gasteiger partial charge in [0.1, 0.15) is 22.9 Å². The third kappa shape index (κ3) is 8.74. The van der Waals surface area contributed by atoms with Gasteiger partial charge in [-0.25, -0.2) is 14.1 Å². The molecule has 2 saturated heterocycles. The Labute approximate surface area is 298 Å². The van der Waals surface area contributed by atoms with Gasteiger partial charge in [-0.1, -0.05) is 50.5 Å². The van der Waals surface area contributed by atoms with E-state index in [2.05, 4.69) is 19.6 Å². The molecule has 0 bridgehead atoms. The molecule has 4 rings (SSSR count). The van der Waals surface area contributed by atoms with E-state index in [0.29, 0.717) is 38.4 Å². The number of thioether (sulfide) groups is 1. The van der Waals surface area contributed by atoms with Crippen molar-refractivity contribution in [3.8, 4) is 0 Å². The Hall–Kier alpha value is -1.97. The van der Waals surface area contributed by atoms with E-state index >= 15 is 4.39 Å². The van der Waals surface area contributed by atoms with Gasteiger partial charge in [0, 0.05) is 39.3 Å². The van der Waals surface area contributed by atoms with Crippen LogP contribution in [0.3, 0.4) is 0 Å². The van der Waals surface area contributed by atoms with E-state index in [-0.39, 0.29) is 23.4 Å². The fourth-order valence-electron chi connectivity index (χ4n) is 5.94. The summed E-state index contributed by atoms with van der Waals surface area (Å²) in [7, 11) is -2.16. The molecule has 274 valence electrons. The minimum absolute atomic E-state index is 0.127. The van der Waals surface area contributed by atoms with Gasteiger partial charge in [0.15, 0.2) is 5.17 Å². The number of rotatable bonds is 8. The Morgan fingerprint density at radius 1 is 1.08 bits per heavy atom. The van der Waals surface area contributed by atoms with Crippen molar-refractivity contribution in [2.24, 2.45) is 10.9 Å². The predicted octanol–water partition coefficient (Wildman–Crippen LogP) is 6.25. The molecule has 0 unspecified atom stereocenters. The molecule has 0 radical (unpaired) electrons. The first-order valence-electron chi connectivity index (χ1n) is 17.3. The lowest BCUT2D eigenvalue weighted by Crippen LogP contribution is -2.60. The van der Waals surface area contributed by atoms with Crippen LogP contribution in [-0.2, 0) is 33.9 Å². The van der Waals surface area contributed by atoms with Gasteiger partial charge in [-0.15, -0.1) is 0 Å². The van der Waals surface area contributed by atoms with Gasteiger partial charge in [-0.3, -0.25) is 9.79 Å². The monoisotopic (exact) mass is 721 g/mol. The topological polar surface area (TPSA) is 99.1 Å². The number of carbonyl (C=O) groups excluding carboxylic acids is 2. The molecule has 2 amide bonds. The fourth-order valence-corrected chi connectivity index (χ4v) is 8.18. The molecule has 2 fully saturated rings. The lowest BCUT2D eigenvalue weighted by Gasteiger charge is -2.49. The summed E-state index contributed by atoms with van der Waals surface area (Å²) in [5.41, 5.74) is -2.39. The average Bonchev–Trinajstić information content (AvgIpc) is 3.20. The van der Waals surface area contributed by atoms with Crippen molar-refractivity contribution in [2.45, 2.75) is 122 Å². The highest BCUT2D eigenvalue weighted by Crippen LogP contribution is 2.52. The number of carbonyl (C=O) groups is 2. The number of morpholine rings is 1. The second-order valence-corrected chi connectivity index (χ2v) is 24.0. The highest BCUT2D eigenvalue weighted by atomic mass is 32.2. The molecule has 3 aliphatic heterocycles. The molecule has 49 heavy (non-hydrogen) atoms. The second-order valence-electron chi connectivity index (χ2n) is 17.0. The van der Waals surface area contributed by atoms with Crippen molar-refractivity contribution in [1.82, 2.24) is 9.80 Å². The summed E-state index contributed by atoms with van der Waals surface area (Å²) < 4.78 is 45.2. The Morgan fingerprint density at radius 3 is 2.22 bits per heavy atom. The molecule has 0 N–H and O–H groups in total. The molecule has 14 heteroatoms. The zero-order valence-corrected chi connectivity index (χ0v) is 33.6. The van der Waals surface area contributed by atoms with Crippen molar-refractivity contribution in [3.05, 3.63) is 29.6 Å². The summed E-state index contributed by atoms with van der Waals surface area (Å²) >= 11 is 1.20. The first kappa shape index (κ1) is 39.8. The second kappa shape index (κ2) is 14.2. The number of amidine groups is 1. The van der Waals surface area contributed by atoms with Crippen LogP contribution in [-0.4, -0.2) is 103 Å². The van der Waals surface area contributed by atoms with Crippen LogP contribution < -0.4 is 5.46 Å². The molecule has 0 spiro atoms. The van der Waals surface area contributed by atoms with Gasteiger partial charge in [-0.2, -0.15) is 0 Å². The first-order chi connectivity index (χ1) is 22.4. The van der Waals surface area contributed by atoms with Gasteiger partial charge in [-0.05, 0) is 79.9 Å². The number of benzene rings is 1. The zero-order chi connectivity index (χ0) is 36.8. The van der Waals surface area contributed by atoms with E-state index in [4.69, 9.17) is 28.5 Å². The summed E-state index contributed by atoms with van der Waals surface area (Å²) in [4.78, 5) is 36.8. The number of amides is 2. The van der Waals surface area contributed by atoms with Gasteiger partial charge < -0.3 is 28.4 Å².